The molecule has 0 amide bonds. The molecule has 0 radical (unpaired) electrons. The van der Waals surface area contributed by atoms with Crippen LogP contribution in [0.2, 0.25) is 0 Å². The SMILES string of the molecule is CCCCCCCCCSCc1ccccc1C(=O)O. The van der Waals surface area contributed by atoms with E-state index in [9.17, 15) is 4.79 Å². The summed E-state index contributed by atoms with van der Waals surface area (Å²) in [4.78, 5) is 11.1. The van der Waals surface area contributed by atoms with E-state index in [-0.39, 0.29) is 0 Å². The summed E-state index contributed by atoms with van der Waals surface area (Å²) in [6, 6.07) is 7.30. The van der Waals surface area contributed by atoms with Crippen LogP contribution in [-0.2, 0) is 5.75 Å². The van der Waals surface area contributed by atoms with Gasteiger partial charge in [0.1, 0.15) is 0 Å². The normalized spacial score (nSPS) is 10.7. The zero-order valence-electron chi connectivity index (χ0n) is 12.4. The molecule has 20 heavy (non-hydrogen) atoms. The van der Waals surface area contributed by atoms with Gasteiger partial charge in [0.25, 0.3) is 0 Å². The van der Waals surface area contributed by atoms with Gasteiger partial charge in [0.15, 0.2) is 0 Å². The topological polar surface area (TPSA) is 37.3 Å². The van der Waals surface area contributed by atoms with Gasteiger partial charge in [-0.15, -0.1) is 0 Å². The Kier molecular flexibility index (Phi) is 9.22. The fraction of sp³-hybridized carbons (Fsp3) is 0.588. The van der Waals surface area contributed by atoms with Crippen LogP contribution in [0.15, 0.2) is 24.3 Å². The smallest absolute Gasteiger partial charge is 0.335 e. The molecule has 3 heteroatoms. The Morgan fingerprint density at radius 3 is 2.40 bits per heavy atom. The lowest BCUT2D eigenvalue weighted by atomic mass is 10.1. The molecule has 0 aliphatic carbocycles. The minimum Gasteiger partial charge on any atom is -0.478 e. The molecule has 2 nitrogen and oxygen atoms in total. The maximum atomic E-state index is 11.1. The Bertz CT molecular complexity index is 390. The van der Waals surface area contributed by atoms with Crippen molar-refractivity contribution in [2.45, 2.75) is 57.6 Å². The molecule has 1 rings (SSSR count). The number of unbranched alkanes of at least 4 members (excludes halogenated alkanes) is 6. The number of thioether (sulfide) groups is 1. The van der Waals surface area contributed by atoms with Gasteiger partial charge in [-0.3, -0.25) is 0 Å². The van der Waals surface area contributed by atoms with Gasteiger partial charge in [-0.05, 0) is 23.8 Å². The predicted molar refractivity (Wildman–Crippen MR) is 87.6 cm³/mol. The highest BCUT2D eigenvalue weighted by Crippen LogP contribution is 2.18. The summed E-state index contributed by atoms with van der Waals surface area (Å²) in [5.74, 6) is 1.11. The number of hydrogen-bond donors (Lipinski definition) is 1. The molecule has 0 aliphatic heterocycles. The molecule has 0 saturated carbocycles. The quantitative estimate of drug-likeness (QED) is 0.558. The van der Waals surface area contributed by atoms with Crippen LogP contribution in [0, 0.1) is 0 Å². The van der Waals surface area contributed by atoms with Gasteiger partial charge in [-0.25, -0.2) is 4.79 Å². The molecule has 0 aromatic heterocycles. The molecule has 0 heterocycles. The largest absolute Gasteiger partial charge is 0.478 e. The first kappa shape index (κ1) is 17.1. The van der Waals surface area contributed by atoms with Crippen molar-refractivity contribution in [3.63, 3.8) is 0 Å². The van der Waals surface area contributed by atoms with Crippen molar-refractivity contribution in [3.8, 4) is 0 Å². The van der Waals surface area contributed by atoms with Crippen LogP contribution in [0.4, 0.5) is 0 Å². The van der Waals surface area contributed by atoms with Gasteiger partial charge < -0.3 is 5.11 Å². The van der Waals surface area contributed by atoms with Crippen LogP contribution in [0.3, 0.4) is 0 Å². The number of carbonyl (C=O) groups is 1. The van der Waals surface area contributed by atoms with Crippen LogP contribution < -0.4 is 0 Å². The summed E-state index contributed by atoms with van der Waals surface area (Å²) in [7, 11) is 0. The molecule has 0 unspecified atom stereocenters. The highest BCUT2D eigenvalue weighted by Gasteiger charge is 2.08. The van der Waals surface area contributed by atoms with E-state index in [1.165, 1.54) is 44.9 Å². The molecule has 0 fully saturated rings. The summed E-state index contributed by atoms with van der Waals surface area (Å²) in [5.41, 5.74) is 1.38. The van der Waals surface area contributed by atoms with Gasteiger partial charge >= 0.3 is 5.97 Å². The van der Waals surface area contributed by atoms with Crippen molar-refractivity contribution in [2.24, 2.45) is 0 Å². The van der Waals surface area contributed by atoms with E-state index in [0.717, 1.165) is 17.1 Å². The first-order chi connectivity index (χ1) is 9.75. The highest BCUT2D eigenvalue weighted by molar-refractivity contribution is 7.98. The van der Waals surface area contributed by atoms with Gasteiger partial charge in [0.05, 0.1) is 5.56 Å². The highest BCUT2D eigenvalue weighted by atomic mass is 32.2. The molecule has 1 aromatic rings. The second-order valence-electron chi connectivity index (χ2n) is 5.14. The van der Waals surface area contributed by atoms with E-state index in [4.69, 9.17) is 5.11 Å². The van der Waals surface area contributed by atoms with Crippen LogP contribution in [-0.4, -0.2) is 16.8 Å². The first-order valence-electron chi connectivity index (χ1n) is 7.64. The van der Waals surface area contributed by atoms with Crippen LogP contribution in [0.25, 0.3) is 0 Å². The average Bonchev–Trinajstić information content (AvgIpc) is 2.46. The summed E-state index contributed by atoms with van der Waals surface area (Å²) in [5, 5.41) is 9.10. The van der Waals surface area contributed by atoms with Crippen LogP contribution >= 0.6 is 11.8 Å². The van der Waals surface area contributed by atoms with Crippen molar-refractivity contribution in [3.05, 3.63) is 35.4 Å². The van der Waals surface area contributed by atoms with Gasteiger partial charge in [0.2, 0.25) is 0 Å². The second-order valence-corrected chi connectivity index (χ2v) is 6.24. The van der Waals surface area contributed by atoms with E-state index in [2.05, 4.69) is 6.92 Å². The summed E-state index contributed by atoms with van der Waals surface area (Å²) in [6.45, 7) is 2.24. The Hall–Kier alpha value is -0.960. The lowest BCUT2D eigenvalue weighted by Gasteiger charge is -2.06. The second kappa shape index (κ2) is 10.8. The third kappa shape index (κ3) is 6.99. The van der Waals surface area contributed by atoms with E-state index >= 15 is 0 Å². The average molecular weight is 294 g/mol. The molecule has 1 N–H and O–H groups in total. The number of benzene rings is 1. The lowest BCUT2D eigenvalue weighted by molar-refractivity contribution is 0.0696. The Labute approximate surface area is 127 Å². The number of hydrogen-bond acceptors (Lipinski definition) is 2. The third-order valence-corrected chi connectivity index (χ3v) is 4.49. The van der Waals surface area contributed by atoms with Crippen molar-refractivity contribution < 1.29 is 9.90 Å². The monoisotopic (exact) mass is 294 g/mol. The maximum Gasteiger partial charge on any atom is 0.335 e. The van der Waals surface area contributed by atoms with Gasteiger partial charge in [0, 0.05) is 5.75 Å². The minimum absolute atomic E-state index is 0.444. The van der Waals surface area contributed by atoms with Gasteiger partial charge in [-0.2, -0.15) is 11.8 Å². The van der Waals surface area contributed by atoms with E-state index in [1.807, 2.05) is 23.9 Å². The van der Waals surface area contributed by atoms with Crippen molar-refractivity contribution in [2.75, 3.05) is 5.75 Å². The molecule has 0 spiro atoms. The van der Waals surface area contributed by atoms with E-state index < -0.39 is 5.97 Å². The summed E-state index contributed by atoms with van der Waals surface area (Å²) >= 11 is 1.84. The molecule has 0 bridgehead atoms. The Morgan fingerprint density at radius 2 is 1.70 bits per heavy atom. The fourth-order valence-corrected chi connectivity index (χ4v) is 3.22. The molecule has 112 valence electrons. The zero-order valence-corrected chi connectivity index (χ0v) is 13.3. The van der Waals surface area contributed by atoms with Crippen LogP contribution in [0.5, 0.6) is 0 Å². The summed E-state index contributed by atoms with van der Waals surface area (Å²) < 4.78 is 0. The standard InChI is InChI=1S/C17H26O2S/c1-2-3-4-5-6-7-10-13-20-14-15-11-8-9-12-16(15)17(18)19/h8-9,11-12H,2-7,10,13-14H2,1H3,(H,18,19). The molecule has 0 aliphatic rings. The Morgan fingerprint density at radius 1 is 1.05 bits per heavy atom. The van der Waals surface area contributed by atoms with E-state index in [0.29, 0.717) is 5.56 Å². The Balaban J connectivity index is 2.11. The van der Waals surface area contributed by atoms with Crippen molar-refractivity contribution in [1.82, 2.24) is 0 Å². The zero-order chi connectivity index (χ0) is 14.6. The molecule has 0 atom stereocenters. The molecule has 1 aromatic carbocycles. The number of carboxylic acids is 1. The minimum atomic E-state index is -0.822. The number of rotatable bonds is 11. The third-order valence-electron chi connectivity index (χ3n) is 3.40. The number of aromatic carboxylic acids is 1. The van der Waals surface area contributed by atoms with Gasteiger partial charge in [-0.1, -0.05) is 63.6 Å². The maximum absolute atomic E-state index is 11.1. The van der Waals surface area contributed by atoms with Crippen LogP contribution in [0.1, 0.15) is 67.8 Å². The lowest BCUT2D eigenvalue weighted by Crippen LogP contribution is -2.01. The predicted octanol–water partition coefficient (Wildman–Crippen LogP) is 5.37. The number of carboxylic acid groups (broad SMARTS) is 1. The van der Waals surface area contributed by atoms with E-state index in [1.54, 1.807) is 12.1 Å². The van der Waals surface area contributed by atoms with Crippen molar-refractivity contribution >= 4 is 17.7 Å². The summed E-state index contributed by atoms with van der Waals surface area (Å²) in [6.07, 6.45) is 9.28. The molecule has 0 saturated heterocycles. The van der Waals surface area contributed by atoms with Crippen molar-refractivity contribution in [1.29, 1.82) is 0 Å². The fourth-order valence-electron chi connectivity index (χ4n) is 2.20. The first-order valence-corrected chi connectivity index (χ1v) is 8.80. The molecular formula is C17H26O2S. The molecular weight excluding hydrogens is 268 g/mol.